The summed E-state index contributed by atoms with van der Waals surface area (Å²) < 4.78 is 24.2. The van der Waals surface area contributed by atoms with Crippen LogP contribution in [0.1, 0.15) is 65.5 Å². The number of fused-ring (bicyclic) bond motifs is 3. The van der Waals surface area contributed by atoms with E-state index in [9.17, 15) is 14.7 Å². The van der Waals surface area contributed by atoms with Crippen LogP contribution in [-0.2, 0) is 28.5 Å². The number of rotatable bonds is 8. The summed E-state index contributed by atoms with van der Waals surface area (Å²) in [6.45, 7) is 9.21. The van der Waals surface area contributed by atoms with Gasteiger partial charge in [0.05, 0.1) is 23.7 Å². The van der Waals surface area contributed by atoms with Crippen LogP contribution in [0.2, 0.25) is 0 Å². The van der Waals surface area contributed by atoms with E-state index in [1.54, 1.807) is 12.1 Å². The first-order chi connectivity index (χ1) is 16.1. The Balaban J connectivity index is 1.87. The Bertz CT molecular complexity index is 968. The Morgan fingerprint density at radius 2 is 1.71 bits per heavy atom. The fraction of sp³-hybridized carbons (Fsp3) is 0.630. The van der Waals surface area contributed by atoms with E-state index in [1.807, 2.05) is 52.8 Å². The Labute approximate surface area is 201 Å². The third-order valence-corrected chi connectivity index (χ3v) is 7.49. The molecular formula is C27H36O7. The average molecular weight is 473 g/mol. The van der Waals surface area contributed by atoms with Crippen LogP contribution in [0, 0.1) is 17.3 Å². The molecule has 4 rings (SSSR count). The Kier molecular flexibility index (Phi) is 6.55. The summed E-state index contributed by atoms with van der Waals surface area (Å²) in [7, 11) is 1.45. The first-order valence-corrected chi connectivity index (χ1v) is 12.2. The number of aliphatic hydroxyl groups is 1. The molecule has 186 valence electrons. The molecule has 1 aromatic rings. The first kappa shape index (κ1) is 24.7. The number of hydrogen-bond acceptors (Lipinski definition) is 7. The number of benzene rings is 1. The van der Waals surface area contributed by atoms with E-state index in [1.165, 1.54) is 7.11 Å². The predicted molar refractivity (Wildman–Crippen MR) is 124 cm³/mol. The van der Waals surface area contributed by atoms with E-state index < -0.39 is 35.1 Å². The molecule has 0 aliphatic heterocycles. The molecule has 0 aromatic heterocycles. The smallest absolute Gasteiger partial charge is 0.340 e. The SMILES string of the molecule is CO[C@H](C(=O)O[C@]12C(OC(C)C)=C(OC(C)C)C(=O)[C@@]1(C)C[C@@H]1CC[C@H](O)[C@@H]12)c1ccccc1. The number of ketones is 1. The van der Waals surface area contributed by atoms with Crippen molar-refractivity contribution in [1.29, 1.82) is 0 Å². The minimum atomic E-state index is -1.47. The van der Waals surface area contributed by atoms with E-state index in [2.05, 4.69) is 0 Å². The lowest BCUT2D eigenvalue weighted by atomic mass is 9.72. The van der Waals surface area contributed by atoms with Gasteiger partial charge in [0.25, 0.3) is 0 Å². The third kappa shape index (κ3) is 3.64. The summed E-state index contributed by atoms with van der Waals surface area (Å²) in [6, 6.07) is 9.09. The normalized spacial score (nSPS) is 33.3. The second kappa shape index (κ2) is 9.00. The highest BCUT2D eigenvalue weighted by molar-refractivity contribution is 6.04. The number of aliphatic hydroxyl groups excluding tert-OH is 1. The maximum Gasteiger partial charge on any atom is 0.340 e. The van der Waals surface area contributed by atoms with Gasteiger partial charge in [-0.1, -0.05) is 30.3 Å². The Morgan fingerprint density at radius 1 is 1.06 bits per heavy atom. The standard InChI is InChI=1S/C27H36O7/c1-15(2)32-22-23(29)26(5)14-18-12-13-19(28)20(18)27(26,24(22)33-16(3)4)34-25(30)21(31-6)17-10-8-7-9-11-17/h7-11,15-16,18-21,28H,12-14H2,1-6H3/t18-,19-,20+,21-,26+,27+/m0/s1. The number of hydrogen-bond donors (Lipinski definition) is 1. The van der Waals surface area contributed by atoms with Gasteiger partial charge in [-0.2, -0.15) is 0 Å². The minimum absolute atomic E-state index is 0.0285. The van der Waals surface area contributed by atoms with Crippen molar-refractivity contribution in [3.63, 3.8) is 0 Å². The Hall–Kier alpha value is -2.38. The fourth-order valence-electron chi connectivity index (χ4n) is 6.27. The molecule has 0 radical (unpaired) electrons. The maximum absolute atomic E-state index is 13.9. The lowest BCUT2D eigenvalue weighted by Crippen LogP contribution is -2.55. The van der Waals surface area contributed by atoms with Crippen molar-refractivity contribution in [1.82, 2.24) is 0 Å². The molecule has 0 unspecified atom stereocenters. The van der Waals surface area contributed by atoms with E-state index in [0.29, 0.717) is 18.4 Å². The van der Waals surface area contributed by atoms with Crippen molar-refractivity contribution in [2.24, 2.45) is 17.3 Å². The molecule has 0 spiro atoms. The molecule has 1 N–H and O–H groups in total. The van der Waals surface area contributed by atoms with Crippen LogP contribution < -0.4 is 0 Å². The highest BCUT2D eigenvalue weighted by Crippen LogP contribution is 2.68. The van der Waals surface area contributed by atoms with Crippen LogP contribution in [0.15, 0.2) is 41.9 Å². The van der Waals surface area contributed by atoms with Crippen molar-refractivity contribution < 1.29 is 33.6 Å². The lowest BCUT2D eigenvalue weighted by Gasteiger charge is -2.42. The largest absolute Gasteiger partial charge is 0.487 e. The van der Waals surface area contributed by atoms with Gasteiger partial charge in [0.1, 0.15) is 0 Å². The topological polar surface area (TPSA) is 91.3 Å². The number of methoxy groups -OCH3 is 1. The van der Waals surface area contributed by atoms with Gasteiger partial charge in [0.2, 0.25) is 11.5 Å². The lowest BCUT2D eigenvalue weighted by molar-refractivity contribution is -0.193. The van der Waals surface area contributed by atoms with Gasteiger partial charge in [-0.3, -0.25) is 4.79 Å². The van der Waals surface area contributed by atoms with E-state index in [0.717, 1.165) is 6.42 Å². The van der Waals surface area contributed by atoms with Gasteiger partial charge in [0, 0.05) is 13.0 Å². The van der Waals surface area contributed by atoms with Gasteiger partial charge in [-0.05, 0) is 65.4 Å². The van der Waals surface area contributed by atoms with Crippen LogP contribution in [0.5, 0.6) is 0 Å². The molecule has 3 aliphatic rings. The Morgan fingerprint density at radius 3 is 2.29 bits per heavy atom. The van der Waals surface area contributed by atoms with Crippen molar-refractivity contribution in [2.45, 2.75) is 83.9 Å². The van der Waals surface area contributed by atoms with E-state index in [4.69, 9.17) is 18.9 Å². The molecule has 2 saturated carbocycles. The molecule has 0 saturated heterocycles. The van der Waals surface area contributed by atoms with Gasteiger partial charge >= 0.3 is 5.97 Å². The molecule has 3 aliphatic carbocycles. The zero-order valence-corrected chi connectivity index (χ0v) is 20.9. The predicted octanol–water partition coefficient (Wildman–Crippen LogP) is 4.10. The average Bonchev–Trinajstić information content (AvgIpc) is 3.30. The van der Waals surface area contributed by atoms with Crippen molar-refractivity contribution in [3.05, 3.63) is 47.4 Å². The summed E-state index contributed by atoms with van der Waals surface area (Å²) in [4.78, 5) is 27.6. The third-order valence-electron chi connectivity index (χ3n) is 7.49. The second-order valence-corrected chi connectivity index (χ2v) is 10.5. The number of allylic oxidation sites excluding steroid dienone is 1. The van der Waals surface area contributed by atoms with E-state index >= 15 is 0 Å². The maximum atomic E-state index is 13.9. The van der Waals surface area contributed by atoms with Crippen LogP contribution in [0.3, 0.4) is 0 Å². The fourth-order valence-corrected chi connectivity index (χ4v) is 6.27. The first-order valence-electron chi connectivity index (χ1n) is 12.2. The van der Waals surface area contributed by atoms with Crippen LogP contribution in [-0.4, -0.2) is 47.9 Å². The zero-order valence-electron chi connectivity index (χ0n) is 20.9. The number of carbonyl (C=O) groups excluding carboxylic acids is 2. The van der Waals surface area contributed by atoms with Gasteiger partial charge < -0.3 is 24.1 Å². The molecule has 2 fully saturated rings. The van der Waals surface area contributed by atoms with Crippen molar-refractivity contribution >= 4 is 11.8 Å². The van der Waals surface area contributed by atoms with Crippen molar-refractivity contribution in [2.75, 3.05) is 7.11 Å². The molecule has 6 atom stereocenters. The summed E-state index contributed by atoms with van der Waals surface area (Å²) in [5.41, 5.74) is -1.93. The molecule has 0 bridgehead atoms. The number of Topliss-reactive ketones (excluding diaryl/α,β-unsaturated/α-hetero) is 1. The highest BCUT2D eigenvalue weighted by Gasteiger charge is 2.78. The van der Waals surface area contributed by atoms with Gasteiger partial charge in [-0.15, -0.1) is 0 Å². The number of carbonyl (C=O) groups is 2. The zero-order chi connectivity index (χ0) is 24.8. The summed E-state index contributed by atoms with van der Waals surface area (Å²) >= 11 is 0. The monoisotopic (exact) mass is 472 g/mol. The molecule has 0 heterocycles. The summed E-state index contributed by atoms with van der Waals surface area (Å²) in [6.07, 6.45) is -0.454. The minimum Gasteiger partial charge on any atom is -0.487 e. The van der Waals surface area contributed by atoms with E-state index in [-0.39, 0.29) is 35.4 Å². The van der Waals surface area contributed by atoms with Crippen LogP contribution in [0.4, 0.5) is 0 Å². The van der Waals surface area contributed by atoms with Crippen LogP contribution >= 0.6 is 0 Å². The number of esters is 1. The molecule has 7 nitrogen and oxygen atoms in total. The van der Waals surface area contributed by atoms with Gasteiger partial charge in [0.15, 0.2) is 17.5 Å². The molecule has 0 amide bonds. The summed E-state index contributed by atoms with van der Waals surface area (Å²) in [5.74, 6) is -0.969. The quantitative estimate of drug-likeness (QED) is 0.570. The molecule has 34 heavy (non-hydrogen) atoms. The van der Waals surface area contributed by atoms with Crippen molar-refractivity contribution in [3.8, 4) is 0 Å². The molecule has 7 heteroatoms. The van der Waals surface area contributed by atoms with Crippen LogP contribution in [0.25, 0.3) is 0 Å². The summed E-state index contributed by atoms with van der Waals surface area (Å²) in [5, 5.41) is 11.1. The molecule has 1 aromatic carbocycles. The molecular weight excluding hydrogens is 436 g/mol. The second-order valence-electron chi connectivity index (χ2n) is 10.5. The van der Waals surface area contributed by atoms with Gasteiger partial charge in [-0.25, -0.2) is 4.79 Å². The highest BCUT2D eigenvalue weighted by atomic mass is 16.6. The number of ether oxygens (including phenoxy) is 4.